The van der Waals surface area contributed by atoms with E-state index >= 15 is 0 Å². The lowest BCUT2D eigenvalue weighted by molar-refractivity contribution is 0.629. The number of hydrogen-bond donors (Lipinski definition) is 0. The second-order valence-corrected chi connectivity index (χ2v) is 18.3. The van der Waals surface area contributed by atoms with Crippen molar-refractivity contribution in [1.82, 2.24) is 9.97 Å². The van der Waals surface area contributed by atoms with Crippen LogP contribution < -0.4 is 0 Å². The number of rotatable bonds is 7. The fourth-order valence-electron chi connectivity index (χ4n) is 10.7. The Morgan fingerprint density at radius 2 is 0.886 bits per heavy atom. The molecule has 0 atom stereocenters. The molecule has 4 nitrogen and oxygen atoms in total. The monoisotopic (exact) mass is 894 g/mol. The van der Waals surface area contributed by atoms with E-state index in [-0.39, 0.29) is 0 Å². The highest BCUT2D eigenvalue weighted by atomic mass is 16.3. The van der Waals surface area contributed by atoms with Crippen LogP contribution in [0.25, 0.3) is 138 Å². The molecule has 328 valence electrons. The molecule has 0 aliphatic heterocycles. The number of aromatic nitrogens is 2. The normalized spacial score (nSPS) is 12.8. The highest BCUT2D eigenvalue weighted by Crippen LogP contribution is 2.47. The van der Waals surface area contributed by atoms with Gasteiger partial charge in [0.1, 0.15) is 22.7 Å². The Hall–Kier alpha value is -9.12. The Morgan fingerprint density at radius 1 is 0.357 bits per heavy atom. The van der Waals surface area contributed by atoms with E-state index in [0.29, 0.717) is 5.82 Å². The molecule has 0 unspecified atom stereocenters. The third-order valence-electron chi connectivity index (χ3n) is 14.1. The van der Waals surface area contributed by atoms with Crippen LogP contribution in [0.15, 0.2) is 239 Å². The van der Waals surface area contributed by atoms with E-state index in [1.807, 2.05) is 6.07 Å². The van der Waals surface area contributed by atoms with E-state index in [1.165, 1.54) is 27.1 Å². The van der Waals surface area contributed by atoms with Crippen molar-refractivity contribution in [1.29, 1.82) is 0 Å². The summed E-state index contributed by atoms with van der Waals surface area (Å²) in [4.78, 5) is 10.7. The van der Waals surface area contributed by atoms with Crippen LogP contribution in [-0.2, 0) is 0 Å². The summed E-state index contributed by atoms with van der Waals surface area (Å²) in [5.74, 6) is 2.34. The minimum atomic E-state index is 0.678. The van der Waals surface area contributed by atoms with E-state index in [0.717, 1.165) is 124 Å². The Labute approximate surface area is 404 Å². The van der Waals surface area contributed by atoms with Crippen molar-refractivity contribution < 1.29 is 8.83 Å². The van der Waals surface area contributed by atoms with Crippen LogP contribution >= 0.6 is 0 Å². The molecule has 4 heteroatoms. The zero-order valence-electron chi connectivity index (χ0n) is 38.1. The minimum Gasteiger partial charge on any atom is -0.455 e. The van der Waals surface area contributed by atoms with Crippen molar-refractivity contribution >= 4 is 70.7 Å². The number of hydrogen-bond acceptors (Lipinski definition) is 4. The summed E-state index contributed by atoms with van der Waals surface area (Å²) in [6.07, 6.45) is 8.57. The van der Waals surface area contributed by atoms with Crippen LogP contribution in [-0.4, -0.2) is 9.97 Å². The maximum atomic E-state index is 6.99. The molecule has 1 aliphatic carbocycles. The maximum absolute atomic E-state index is 6.99. The molecule has 0 radical (unpaired) electrons. The summed E-state index contributed by atoms with van der Waals surface area (Å²) in [5, 5.41) is 10.2. The molecule has 0 fully saturated rings. The van der Waals surface area contributed by atoms with Crippen LogP contribution in [0.4, 0.5) is 0 Å². The van der Waals surface area contributed by atoms with Crippen LogP contribution in [0.3, 0.4) is 0 Å². The smallest absolute Gasteiger partial charge is 0.160 e. The van der Waals surface area contributed by atoms with Gasteiger partial charge in [-0.1, -0.05) is 182 Å². The standard InChI is InChI=1S/C66H42N2O2/c1-2-17-45(18-3-1)60-55-22-10-12-24-58(55)69-64(60)52-38-51(39-53(40-52)65-61(56-23-11-13-25-59(56)70-65)49-32-28-41-14-4-6-19-47(41)36-49)43-26-30-46(31-27-43)66-67-62(50-33-29-42-15-5-7-20-48(42)37-50)57-35-34-44-16-8-9-21-54(44)63(57)68-66/h1-2,4-17,19-40H,3,18H2. The van der Waals surface area contributed by atoms with E-state index in [2.05, 4.69) is 224 Å². The van der Waals surface area contributed by atoms with E-state index in [4.69, 9.17) is 18.8 Å². The third kappa shape index (κ3) is 6.76. The van der Waals surface area contributed by atoms with Gasteiger partial charge >= 0.3 is 0 Å². The Bertz CT molecular complexity index is 4300. The van der Waals surface area contributed by atoms with Gasteiger partial charge < -0.3 is 8.83 Å². The Kier molecular flexibility index (Phi) is 9.31. The van der Waals surface area contributed by atoms with Crippen LogP contribution in [0.5, 0.6) is 0 Å². The molecule has 70 heavy (non-hydrogen) atoms. The zero-order valence-corrected chi connectivity index (χ0v) is 38.1. The van der Waals surface area contributed by atoms with Gasteiger partial charge in [-0.25, -0.2) is 9.97 Å². The number of fused-ring (bicyclic) bond motifs is 7. The average molecular weight is 895 g/mol. The number of nitrogens with zero attached hydrogens (tertiary/aromatic N) is 2. The molecule has 1 aliphatic rings. The lowest BCUT2D eigenvalue weighted by Crippen LogP contribution is -1.96. The molecule has 0 amide bonds. The molecule has 0 saturated heterocycles. The van der Waals surface area contributed by atoms with E-state index in [1.54, 1.807) is 0 Å². The van der Waals surface area contributed by atoms with Crippen LogP contribution in [0.1, 0.15) is 18.4 Å². The lowest BCUT2D eigenvalue weighted by Gasteiger charge is -2.14. The molecule has 3 heterocycles. The molecule has 13 aromatic rings. The van der Waals surface area contributed by atoms with Crippen molar-refractivity contribution in [2.75, 3.05) is 0 Å². The van der Waals surface area contributed by atoms with Crippen molar-refractivity contribution in [2.24, 2.45) is 0 Å². The molecule has 14 rings (SSSR count). The molecular weight excluding hydrogens is 853 g/mol. The van der Waals surface area contributed by atoms with E-state index < -0.39 is 0 Å². The molecule has 10 aromatic carbocycles. The summed E-state index contributed by atoms with van der Waals surface area (Å²) in [7, 11) is 0. The molecular formula is C66H42N2O2. The molecule has 0 saturated carbocycles. The zero-order chi connectivity index (χ0) is 46.1. The van der Waals surface area contributed by atoms with Crippen molar-refractivity contribution in [2.45, 2.75) is 12.8 Å². The second kappa shape index (κ2) is 16.3. The third-order valence-corrected chi connectivity index (χ3v) is 14.1. The fraction of sp³-hybridized carbons (Fsp3) is 0.0303. The van der Waals surface area contributed by atoms with Gasteiger partial charge in [0.15, 0.2) is 5.82 Å². The van der Waals surface area contributed by atoms with Gasteiger partial charge in [0.05, 0.1) is 11.2 Å². The van der Waals surface area contributed by atoms with Crippen molar-refractivity contribution in [3.63, 3.8) is 0 Å². The first-order chi connectivity index (χ1) is 34.7. The summed E-state index contributed by atoms with van der Waals surface area (Å²) < 4.78 is 13.9. The predicted molar refractivity (Wildman–Crippen MR) is 291 cm³/mol. The average Bonchev–Trinajstić information content (AvgIpc) is 4.02. The molecule has 0 N–H and O–H groups in total. The SMILES string of the molecule is C1=CCCC(c2c(-c3cc(-c4ccc(-c5nc(-c6ccc7ccccc7c6)c6ccc7ccccc7c6n5)cc4)cc(-c4oc5ccccc5c4-c4ccc5ccccc5c4)c3)oc3ccccc23)=C1. The van der Waals surface area contributed by atoms with Gasteiger partial charge in [0.2, 0.25) is 0 Å². The molecule has 3 aromatic heterocycles. The fourth-order valence-corrected chi connectivity index (χ4v) is 10.7. The molecule has 0 bridgehead atoms. The van der Waals surface area contributed by atoms with Crippen molar-refractivity contribution in [3.8, 4) is 67.5 Å². The van der Waals surface area contributed by atoms with Gasteiger partial charge in [-0.05, 0) is 111 Å². The quantitative estimate of drug-likeness (QED) is 0.150. The largest absolute Gasteiger partial charge is 0.455 e. The number of furan rings is 2. The van der Waals surface area contributed by atoms with Crippen molar-refractivity contribution in [3.05, 3.63) is 236 Å². The first-order valence-corrected chi connectivity index (χ1v) is 24.0. The first kappa shape index (κ1) is 40.0. The highest BCUT2D eigenvalue weighted by molar-refractivity contribution is 6.10. The summed E-state index contributed by atoms with van der Waals surface area (Å²) in [6, 6.07) is 75.4. The minimum absolute atomic E-state index is 0.678. The summed E-state index contributed by atoms with van der Waals surface area (Å²) in [6.45, 7) is 0. The van der Waals surface area contributed by atoms with Gasteiger partial charge in [0, 0.05) is 54.9 Å². The second-order valence-electron chi connectivity index (χ2n) is 18.3. The van der Waals surface area contributed by atoms with Crippen LogP contribution in [0, 0.1) is 0 Å². The lowest BCUT2D eigenvalue weighted by atomic mass is 9.90. The topological polar surface area (TPSA) is 52.1 Å². The van der Waals surface area contributed by atoms with Gasteiger partial charge in [0.25, 0.3) is 0 Å². The van der Waals surface area contributed by atoms with Gasteiger partial charge in [-0.2, -0.15) is 0 Å². The first-order valence-electron chi connectivity index (χ1n) is 24.0. The highest BCUT2D eigenvalue weighted by Gasteiger charge is 2.24. The maximum Gasteiger partial charge on any atom is 0.160 e. The Balaban J connectivity index is 0.965. The summed E-state index contributed by atoms with van der Waals surface area (Å²) in [5.41, 5.74) is 14.2. The van der Waals surface area contributed by atoms with Gasteiger partial charge in [-0.3, -0.25) is 0 Å². The number of allylic oxidation sites excluding steroid dienone is 4. The van der Waals surface area contributed by atoms with E-state index in [9.17, 15) is 0 Å². The number of benzene rings is 10. The Morgan fingerprint density at radius 3 is 1.57 bits per heavy atom. The summed E-state index contributed by atoms with van der Waals surface area (Å²) >= 11 is 0. The molecule has 0 spiro atoms. The van der Waals surface area contributed by atoms with Crippen LogP contribution in [0.2, 0.25) is 0 Å². The van der Waals surface area contributed by atoms with Gasteiger partial charge in [-0.15, -0.1) is 0 Å². The number of para-hydroxylation sites is 2. The predicted octanol–water partition coefficient (Wildman–Crippen LogP) is 18.3.